The molecule has 10 aromatic carbocycles. The molecule has 0 fully saturated rings. The molecule has 10 rings (SSSR count). The molecule has 0 saturated carbocycles. The van der Waals surface area contributed by atoms with Crippen LogP contribution in [0.15, 0.2) is 194 Å². The number of esters is 6. The number of carbonyl (C=O) groups is 6. The lowest BCUT2D eigenvalue weighted by Gasteiger charge is -2.20. The van der Waals surface area contributed by atoms with Gasteiger partial charge in [-0.3, -0.25) is 28.8 Å². The van der Waals surface area contributed by atoms with Gasteiger partial charge in [0.05, 0.1) is 34.0 Å². The van der Waals surface area contributed by atoms with E-state index in [-0.39, 0.29) is 128 Å². The van der Waals surface area contributed by atoms with Crippen molar-refractivity contribution in [2.75, 3.05) is 0 Å². The number of benzene rings is 10. The first-order valence-electron chi connectivity index (χ1n) is 37.1. The molecule has 0 heterocycles. The van der Waals surface area contributed by atoms with E-state index in [0.717, 1.165) is 115 Å². The van der Waals surface area contributed by atoms with E-state index in [0.29, 0.717) is 0 Å². The normalized spacial score (nSPS) is 11.8. The molecular weight excluding hydrogens is 1380 g/mol. The molecule has 0 bridgehead atoms. The zero-order valence-corrected chi connectivity index (χ0v) is 65.8. The van der Waals surface area contributed by atoms with E-state index in [2.05, 4.69) is 0 Å². The third-order valence-corrected chi connectivity index (χ3v) is 19.4. The Balaban J connectivity index is 0.000000235. The highest BCUT2D eigenvalue weighted by Crippen LogP contribution is 2.33. The number of phenols is 6. The Hall–Kier alpha value is -11.1. The number of hydrogen-bond donors (Lipinski definition) is 6. The van der Waals surface area contributed by atoms with Gasteiger partial charge in [0.25, 0.3) is 0 Å². The van der Waals surface area contributed by atoms with E-state index in [9.17, 15) is 49.2 Å². The lowest BCUT2D eigenvalue weighted by atomic mass is 9.91. The Bertz CT molecular complexity index is 4470. The molecule has 6 N–H and O–H groups in total. The molecule has 0 radical (unpaired) electrons. The van der Waals surface area contributed by atoms with Crippen molar-refractivity contribution in [1.29, 1.82) is 0 Å². The lowest BCUT2D eigenvalue weighted by Crippen LogP contribution is -2.25. The summed E-state index contributed by atoms with van der Waals surface area (Å²) >= 11 is 0. The van der Waals surface area contributed by atoms with Crippen LogP contribution in [0.2, 0.25) is 0 Å². The fourth-order valence-electron chi connectivity index (χ4n) is 9.93. The highest BCUT2D eigenvalue weighted by Gasteiger charge is 2.29. The molecule has 109 heavy (non-hydrogen) atoms. The summed E-state index contributed by atoms with van der Waals surface area (Å²) < 4.78 is 31.7. The Morgan fingerprint density at radius 1 is 0.275 bits per heavy atom. The molecule has 10 aromatic rings. The molecule has 0 aliphatic heterocycles. The summed E-state index contributed by atoms with van der Waals surface area (Å²) in [7, 11) is 0. The van der Waals surface area contributed by atoms with Gasteiger partial charge in [0.1, 0.15) is 74.1 Å². The van der Waals surface area contributed by atoms with Crippen LogP contribution < -0.4 is 0 Å². The Morgan fingerprint density at radius 3 is 0.807 bits per heavy atom. The number of rotatable bonds is 24. The van der Waals surface area contributed by atoms with Gasteiger partial charge in [0, 0.05) is 21.5 Å². The maximum absolute atomic E-state index is 12.0. The van der Waals surface area contributed by atoms with Crippen molar-refractivity contribution in [3.8, 4) is 34.5 Å². The predicted octanol–water partition coefficient (Wildman–Crippen LogP) is 20.7. The van der Waals surface area contributed by atoms with Gasteiger partial charge in [0.15, 0.2) is 0 Å². The zero-order valence-electron chi connectivity index (χ0n) is 65.8. The van der Waals surface area contributed by atoms with Crippen LogP contribution in [-0.4, -0.2) is 66.5 Å². The molecule has 18 nitrogen and oxygen atoms in total. The van der Waals surface area contributed by atoms with Gasteiger partial charge in [-0.1, -0.05) is 208 Å². The molecule has 3 atom stereocenters. The topological polar surface area (TPSA) is 279 Å². The van der Waals surface area contributed by atoms with Crippen molar-refractivity contribution in [2.24, 2.45) is 34.0 Å². The standard InChI is InChI=1S/2C17H20O3.2C16H18O3.C13H18O3.C12H16O3/c1-4-17(2,3)16(19)20-11-12-7-5-9-14-13(12)8-6-10-15(14)18;1-4-17(2,3)16(19)20-11-12-9-10-15(18)14-8-6-5-7-13(12)14;1-3-11(2)16(18)19-10-12-6-4-8-14-13(12)7-5-9-15(14)17;1-3-11(2)16(18)19-10-12-8-9-15(17)14-7-5-4-6-13(12)14;1-4-13(2,3)12(15)16-9-10-5-7-11(14)8-6-10;1-3-9(2)12(14)15-8-10-4-6-11(13)7-5-10/h2*5-10,18H,4,11H2,1-3H3;2*4-9,11,17H,3,10H2,1-2H3;5-8,14H,4,9H2,1-3H3;4-7,9,13H,3,8H2,1-2H3. The van der Waals surface area contributed by atoms with Crippen LogP contribution in [0.3, 0.4) is 0 Å². The lowest BCUT2D eigenvalue weighted by molar-refractivity contribution is -0.156. The fourth-order valence-corrected chi connectivity index (χ4v) is 9.93. The number of aromatic hydroxyl groups is 6. The van der Waals surface area contributed by atoms with E-state index in [1.54, 1.807) is 97.1 Å². The molecule has 0 aliphatic carbocycles. The monoisotopic (exact) mass is 1490 g/mol. The van der Waals surface area contributed by atoms with Crippen LogP contribution in [0.25, 0.3) is 43.1 Å². The molecule has 0 aromatic heterocycles. The summed E-state index contributed by atoms with van der Waals surface area (Å²) in [5.74, 6) is 0.0569. The average Bonchev–Trinajstić information content (AvgIpc) is 0.822. The van der Waals surface area contributed by atoms with E-state index in [1.165, 1.54) is 0 Å². The number of phenolic OH excluding ortho intramolecular Hbond substituents is 6. The summed E-state index contributed by atoms with van der Waals surface area (Å²) in [6.07, 6.45) is 4.56. The minimum Gasteiger partial charge on any atom is -0.508 e. The largest absolute Gasteiger partial charge is 0.508 e. The van der Waals surface area contributed by atoms with Crippen LogP contribution in [0.5, 0.6) is 34.5 Å². The highest BCUT2D eigenvalue weighted by molar-refractivity contribution is 5.94. The highest BCUT2D eigenvalue weighted by atomic mass is 16.6. The SMILES string of the molecule is CCC(C)(C)C(=O)OCc1ccc(O)c2ccccc12.CCC(C)(C)C(=O)OCc1ccc(O)cc1.CCC(C)(C)C(=O)OCc1cccc2c(O)cccc12.CCC(C)C(=O)OCc1ccc(O)c2ccccc12.CCC(C)C(=O)OCc1ccc(O)cc1.CCC(C)C(=O)OCc1cccc2c(O)cccc12. The van der Waals surface area contributed by atoms with Crippen molar-refractivity contribution < 1.29 is 87.8 Å². The van der Waals surface area contributed by atoms with Crippen molar-refractivity contribution in [2.45, 2.75) is 182 Å². The molecule has 582 valence electrons. The summed E-state index contributed by atoms with van der Waals surface area (Å²) in [6.45, 7) is 30.0. The van der Waals surface area contributed by atoms with Crippen molar-refractivity contribution in [3.05, 3.63) is 228 Å². The molecule has 0 spiro atoms. The maximum atomic E-state index is 12.0. The van der Waals surface area contributed by atoms with E-state index < -0.39 is 16.2 Å². The van der Waals surface area contributed by atoms with Gasteiger partial charge in [-0.25, -0.2) is 0 Å². The zero-order chi connectivity index (χ0) is 80.6. The number of hydrogen-bond acceptors (Lipinski definition) is 18. The van der Waals surface area contributed by atoms with Gasteiger partial charge < -0.3 is 59.1 Å². The van der Waals surface area contributed by atoms with Gasteiger partial charge in [-0.05, 0) is 184 Å². The summed E-state index contributed by atoms with van der Waals surface area (Å²) in [6, 6.07) is 57.2. The van der Waals surface area contributed by atoms with Crippen LogP contribution in [0, 0.1) is 34.0 Å². The summed E-state index contributed by atoms with van der Waals surface area (Å²) in [5, 5.41) is 64.2. The Labute approximate surface area is 641 Å². The van der Waals surface area contributed by atoms with E-state index in [4.69, 9.17) is 38.6 Å². The Morgan fingerprint density at radius 2 is 0.505 bits per heavy atom. The third kappa shape index (κ3) is 26.9. The fraction of sp³-hybridized carbons (Fsp3) is 0.363. The molecule has 0 amide bonds. The van der Waals surface area contributed by atoms with Crippen LogP contribution in [0.1, 0.15) is 176 Å². The van der Waals surface area contributed by atoms with Crippen molar-refractivity contribution >= 4 is 78.9 Å². The second-order valence-corrected chi connectivity index (χ2v) is 28.7. The number of ether oxygens (including phenoxy) is 6. The van der Waals surface area contributed by atoms with Crippen molar-refractivity contribution in [3.63, 3.8) is 0 Å². The first-order valence-corrected chi connectivity index (χ1v) is 37.1. The van der Waals surface area contributed by atoms with E-state index >= 15 is 0 Å². The second kappa shape index (κ2) is 43.0. The van der Waals surface area contributed by atoms with Crippen molar-refractivity contribution in [1.82, 2.24) is 0 Å². The third-order valence-electron chi connectivity index (χ3n) is 19.4. The number of fused-ring (bicyclic) bond motifs is 4. The summed E-state index contributed by atoms with van der Waals surface area (Å²) in [5.41, 5.74) is 4.01. The minimum absolute atomic E-state index is 0.0536. The van der Waals surface area contributed by atoms with Gasteiger partial charge >= 0.3 is 35.8 Å². The van der Waals surface area contributed by atoms with E-state index in [1.807, 2.05) is 201 Å². The van der Waals surface area contributed by atoms with Crippen LogP contribution in [-0.2, 0) is 96.8 Å². The first-order chi connectivity index (χ1) is 51.8. The smallest absolute Gasteiger partial charge is 0.311 e. The Kier molecular flexibility index (Phi) is 34.9. The quantitative estimate of drug-likeness (QED) is 0.0242. The molecule has 18 heteroatoms. The maximum Gasteiger partial charge on any atom is 0.311 e. The molecule has 0 aliphatic rings. The van der Waals surface area contributed by atoms with Crippen LogP contribution >= 0.6 is 0 Å². The van der Waals surface area contributed by atoms with Gasteiger partial charge in [-0.2, -0.15) is 0 Å². The minimum atomic E-state index is -0.466. The summed E-state index contributed by atoms with van der Waals surface area (Å²) in [4.78, 5) is 70.4. The average molecular weight is 1490 g/mol. The predicted molar refractivity (Wildman–Crippen MR) is 428 cm³/mol. The molecule has 3 unspecified atom stereocenters. The second-order valence-electron chi connectivity index (χ2n) is 28.7. The first kappa shape index (κ1) is 88.5. The number of carbonyl (C=O) groups excluding carboxylic acids is 6. The van der Waals surface area contributed by atoms with Gasteiger partial charge in [-0.15, -0.1) is 0 Å². The molecule has 0 saturated heterocycles. The van der Waals surface area contributed by atoms with Crippen LogP contribution in [0.4, 0.5) is 0 Å². The van der Waals surface area contributed by atoms with Gasteiger partial charge in [0.2, 0.25) is 0 Å². The molecular formula is C91H110O18.